The molecule has 0 atom stereocenters. The number of hydrogen-bond donors (Lipinski definition) is 2. The summed E-state index contributed by atoms with van der Waals surface area (Å²) in [4.78, 5) is 35.9. The fourth-order valence-corrected chi connectivity index (χ4v) is 2.85. The molecule has 3 aromatic rings. The van der Waals surface area contributed by atoms with E-state index in [1.54, 1.807) is 72.8 Å². The minimum atomic E-state index is -0.483. The molecule has 32 heavy (non-hydrogen) atoms. The van der Waals surface area contributed by atoms with Gasteiger partial charge in [-0.2, -0.15) is 5.10 Å². The molecule has 0 aromatic heterocycles. The van der Waals surface area contributed by atoms with Crippen LogP contribution in [0.5, 0.6) is 5.75 Å². The molecule has 0 saturated carbocycles. The molecule has 0 spiro atoms. The normalized spacial score (nSPS) is 10.6. The Morgan fingerprint density at radius 3 is 2.19 bits per heavy atom. The van der Waals surface area contributed by atoms with Gasteiger partial charge in [-0.3, -0.25) is 9.59 Å². The van der Waals surface area contributed by atoms with Gasteiger partial charge in [0.15, 0.2) is 0 Å². The summed E-state index contributed by atoms with van der Waals surface area (Å²) in [7, 11) is 0. The summed E-state index contributed by atoms with van der Waals surface area (Å²) in [5.41, 5.74) is 3.83. The highest BCUT2D eigenvalue weighted by Crippen LogP contribution is 2.15. The lowest BCUT2D eigenvalue weighted by atomic mass is 10.2. The number of hydrazone groups is 1. The molecule has 0 unspecified atom stereocenters. The predicted octanol–water partition coefficient (Wildman–Crippen LogP) is 4.20. The predicted molar refractivity (Wildman–Crippen MR) is 125 cm³/mol. The highest BCUT2D eigenvalue weighted by Gasteiger charge is 2.09. The Hall–Kier alpha value is -3.49. The SMILES string of the molecule is O=C(CNC(=O)c1ccc(Cl)cc1)N/N=C\c1ccc(OC(=O)c2ccc(Br)cc2)cc1. The lowest BCUT2D eigenvalue weighted by Gasteiger charge is -2.05. The number of benzene rings is 3. The van der Waals surface area contributed by atoms with Gasteiger partial charge >= 0.3 is 5.97 Å². The van der Waals surface area contributed by atoms with Crippen LogP contribution in [0.1, 0.15) is 26.3 Å². The van der Waals surface area contributed by atoms with Crippen molar-refractivity contribution in [2.24, 2.45) is 5.10 Å². The van der Waals surface area contributed by atoms with Crippen molar-refractivity contribution in [3.8, 4) is 5.75 Å². The van der Waals surface area contributed by atoms with E-state index in [9.17, 15) is 14.4 Å². The summed E-state index contributed by atoms with van der Waals surface area (Å²) in [6.07, 6.45) is 1.43. The summed E-state index contributed by atoms with van der Waals surface area (Å²) in [5.74, 6) is -0.964. The fourth-order valence-electron chi connectivity index (χ4n) is 2.46. The Morgan fingerprint density at radius 1 is 0.906 bits per heavy atom. The number of carbonyl (C=O) groups is 3. The second kappa shape index (κ2) is 11.2. The number of nitrogens with one attached hydrogen (secondary N) is 2. The molecule has 2 N–H and O–H groups in total. The largest absolute Gasteiger partial charge is 0.423 e. The van der Waals surface area contributed by atoms with Crippen LogP contribution in [0.3, 0.4) is 0 Å². The number of esters is 1. The quantitative estimate of drug-likeness (QED) is 0.214. The van der Waals surface area contributed by atoms with E-state index in [4.69, 9.17) is 16.3 Å². The first kappa shape index (κ1) is 23.2. The summed E-state index contributed by atoms with van der Waals surface area (Å²) in [6, 6.07) is 19.7. The Bertz CT molecular complexity index is 1130. The lowest BCUT2D eigenvalue weighted by molar-refractivity contribution is -0.120. The second-order valence-corrected chi connectivity index (χ2v) is 7.80. The van der Waals surface area contributed by atoms with Crippen molar-refractivity contribution in [2.45, 2.75) is 0 Å². The third-order valence-electron chi connectivity index (χ3n) is 4.09. The zero-order chi connectivity index (χ0) is 22.9. The van der Waals surface area contributed by atoms with E-state index in [2.05, 4.69) is 31.8 Å². The molecule has 2 amide bonds. The van der Waals surface area contributed by atoms with Crippen molar-refractivity contribution < 1.29 is 19.1 Å². The molecule has 7 nitrogen and oxygen atoms in total. The number of ether oxygens (including phenoxy) is 1. The summed E-state index contributed by atoms with van der Waals surface area (Å²) in [5, 5.41) is 6.85. The van der Waals surface area contributed by atoms with E-state index in [-0.39, 0.29) is 6.54 Å². The van der Waals surface area contributed by atoms with Crippen LogP contribution in [0, 0.1) is 0 Å². The van der Waals surface area contributed by atoms with Crippen molar-refractivity contribution in [1.82, 2.24) is 10.7 Å². The zero-order valence-electron chi connectivity index (χ0n) is 16.5. The molecule has 0 radical (unpaired) electrons. The lowest BCUT2D eigenvalue weighted by Crippen LogP contribution is -2.34. The van der Waals surface area contributed by atoms with Crippen LogP contribution in [-0.2, 0) is 4.79 Å². The first-order valence-electron chi connectivity index (χ1n) is 9.34. The number of nitrogens with zero attached hydrogens (tertiary/aromatic N) is 1. The second-order valence-electron chi connectivity index (χ2n) is 6.45. The molecular weight excluding hydrogens is 498 g/mol. The van der Waals surface area contributed by atoms with Crippen LogP contribution in [-0.4, -0.2) is 30.5 Å². The molecule has 0 aliphatic heterocycles. The van der Waals surface area contributed by atoms with Gasteiger partial charge < -0.3 is 10.1 Å². The molecular formula is C23H17BrClN3O4. The van der Waals surface area contributed by atoms with Crippen LogP contribution >= 0.6 is 27.5 Å². The highest BCUT2D eigenvalue weighted by atomic mass is 79.9. The summed E-state index contributed by atoms with van der Waals surface area (Å²) in [6.45, 7) is -0.232. The average Bonchev–Trinajstić information content (AvgIpc) is 2.79. The van der Waals surface area contributed by atoms with E-state index in [1.807, 2.05) is 0 Å². The number of carbonyl (C=O) groups excluding carboxylic acids is 3. The Balaban J connectivity index is 1.44. The summed E-state index contributed by atoms with van der Waals surface area (Å²) >= 11 is 9.09. The van der Waals surface area contributed by atoms with Gasteiger partial charge in [0.05, 0.1) is 18.3 Å². The van der Waals surface area contributed by atoms with Crippen LogP contribution in [0.4, 0.5) is 0 Å². The molecule has 0 aliphatic carbocycles. The zero-order valence-corrected chi connectivity index (χ0v) is 18.9. The molecule has 0 saturated heterocycles. The van der Waals surface area contributed by atoms with Crippen LogP contribution in [0.2, 0.25) is 5.02 Å². The number of hydrogen-bond acceptors (Lipinski definition) is 5. The van der Waals surface area contributed by atoms with E-state index in [0.29, 0.717) is 27.5 Å². The standard InChI is InChI=1S/C23H17BrClN3O4/c24-18-7-3-17(4-8-18)23(31)32-20-11-1-15(2-12-20)13-27-28-21(29)14-26-22(30)16-5-9-19(25)10-6-16/h1-13H,14H2,(H,26,30)(H,28,29)/b27-13-. The van der Waals surface area contributed by atoms with Crippen molar-refractivity contribution >= 4 is 51.5 Å². The highest BCUT2D eigenvalue weighted by molar-refractivity contribution is 9.10. The Labute approximate surface area is 197 Å². The van der Waals surface area contributed by atoms with E-state index < -0.39 is 17.8 Å². The Morgan fingerprint density at radius 2 is 1.53 bits per heavy atom. The van der Waals surface area contributed by atoms with Gasteiger partial charge in [0, 0.05) is 15.1 Å². The number of halogens is 2. The van der Waals surface area contributed by atoms with E-state index in [1.165, 1.54) is 6.21 Å². The monoisotopic (exact) mass is 513 g/mol. The molecule has 0 aliphatic rings. The Kier molecular flexibility index (Phi) is 8.13. The minimum absolute atomic E-state index is 0.232. The van der Waals surface area contributed by atoms with Crippen LogP contribution < -0.4 is 15.5 Å². The van der Waals surface area contributed by atoms with Crippen molar-refractivity contribution in [1.29, 1.82) is 0 Å². The van der Waals surface area contributed by atoms with Gasteiger partial charge in [-0.1, -0.05) is 27.5 Å². The molecule has 0 bridgehead atoms. The molecule has 162 valence electrons. The number of rotatable bonds is 7. The van der Waals surface area contributed by atoms with E-state index >= 15 is 0 Å². The molecule has 9 heteroatoms. The van der Waals surface area contributed by atoms with Gasteiger partial charge in [0.2, 0.25) is 0 Å². The smallest absolute Gasteiger partial charge is 0.343 e. The first-order chi connectivity index (χ1) is 15.4. The third-order valence-corrected chi connectivity index (χ3v) is 4.87. The van der Waals surface area contributed by atoms with Gasteiger partial charge in [0.1, 0.15) is 5.75 Å². The third kappa shape index (κ3) is 7.04. The van der Waals surface area contributed by atoms with E-state index in [0.717, 1.165) is 4.47 Å². The topological polar surface area (TPSA) is 96.9 Å². The van der Waals surface area contributed by atoms with Gasteiger partial charge in [-0.25, -0.2) is 10.2 Å². The number of amides is 2. The average molecular weight is 515 g/mol. The van der Waals surface area contributed by atoms with Crippen molar-refractivity contribution in [3.05, 3.63) is 99.0 Å². The van der Waals surface area contributed by atoms with Crippen molar-refractivity contribution in [3.63, 3.8) is 0 Å². The molecule has 3 rings (SSSR count). The van der Waals surface area contributed by atoms with Crippen LogP contribution in [0.15, 0.2) is 82.4 Å². The molecule has 3 aromatic carbocycles. The van der Waals surface area contributed by atoms with Gasteiger partial charge in [-0.05, 0) is 78.4 Å². The maximum absolute atomic E-state index is 12.1. The fraction of sp³-hybridized carbons (Fsp3) is 0.0435. The molecule has 0 fully saturated rings. The molecule has 0 heterocycles. The van der Waals surface area contributed by atoms with Gasteiger partial charge in [0.25, 0.3) is 11.8 Å². The van der Waals surface area contributed by atoms with Crippen LogP contribution in [0.25, 0.3) is 0 Å². The van der Waals surface area contributed by atoms with Gasteiger partial charge in [-0.15, -0.1) is 0 Å². The minimum Gasteiger partial charge on any atom is -0.423 e. The maximum Gasteiger partial charge on any atom is 0.343 e. The first-order valence-corrected chi connectivity index (χ1v) is 10.5. The maximum atomic E-state index is 12.1. The van der Waals surface area contributed by atoms with Crippen molar-refractivity contribution in [2.75, 3.05) is 6.54 Å². The summed E-state index contributed by atoms with van der Waals surface area (Å²) < 4.78 is 6.19.